The Labute approximate surface area is 140 Å². The molecule has 0 spiro atoms. The highest BCUT2D eigenvalue weighted by atomic mass is 79.9. The molecule has 23 heavy (non-hydrogen) atoms. The predicted octanol–water partition coefficient (Wildman–Crippen LogP) is 4.01. The van der Waals surface area contributed by atoms with Crippen molar-refractivity contribution in [2.75, 3.05) is 0 Å². The van der Waals surface area contributed by atoms with E-state index in [4.69, 9.17) is 4.42 Å². The molecular weight excluding hydrogens is 360 g/mol. The summed E-state index contributed by atoms with van der Waals surface area (Å²) in [6.45, 7) is 0. The lowest BCUT2D eigenvalue weighted by Gasteiger charge is -2.08. The van der Waals surface area contributed by atoms with E-state index in [9.17, 15) is 14.7 Å². The smallest absolute Gasteiger partial charge is 0.351 e. The first-order chi connectivity index (χ1) is 11.1. The molecule has 3 aromatic rings. The summed E-state index contributed by atoms with van der Waals surface area (Å²) in [6, 6.07) is 17.1. The predicted molar refractivity (Wildman–Crippen MR) is 89.7 cm³/mol. The van der Waals surface area contributed by atoms with Crippen LogP contribution in [-0.2, 0) is 0 Å². The molecule has 0 amide bonds. The molecule has 1 aromatic heterocycles. The van der Waals surface area contributed by atoms with E-state index in [0.717, 1.165) is 0 Å². The summed E-state index contributed by atoms with van der Waals surface area (Å²) >= 11 is 3.21. The van der Waals surface area contributed by atoms with Crippen LogP contribution in [-0.4, -0.2) is 10.9 Å². The van der Waals surface area contributed by atoms with E-state index in [1.807, 2.05) is 6.07 Å². The first-order valence-electron chi connectivity index (χ1n) is 6.80. The zero-order valence-electron chi connectivity index (χ0n) is 11.8. The zero-order valence-corrected chi connectivity index (χ0v) is 13.4. The van der Waals surface area contributed by atoms with Crippen LogP contribution in [0.15, 0.2) is 74.3 Å². The number of halogens is 1. The number of benzene rings is 2. The molecule has 3 rings (SSSR count). The van der Waals surface area contributed by atoms with Crippen LogP contribution < -0.4 is 5.63 Å². The Bertz CT molecular complexity index is 915. The molecule has 0 radical (unpaired) electrons. The molecule has 5 heteroatoms. The summed E-state index contributed by atoms with van der Waals surface area (Å²) in [5.74, 6) is -0.830. The van der Waals surface area contributed by atoms with Crippen molar-refractivity contribution in [3.8, 4) is 17.1 Å². The molecule has 0 aliphatic rings. The molecule has 4 nitrogen and oxygen atoms in total. The number of rotatable bonds is 3. The fourth-order valence-electron chi connectivity index (χ4n) is 2.21. The van der Waals surface area contributed by atoms with Crippen molar-refractivity contribution in [3.63, 3.8) is 0 Å². The molecule has 0 saturated carbocycles. The number of ketones is 1. The Hall–Kier alpha value is -2.66. The van der Waals surface area contributed by atoms with E-state index in [1.54, 1.807) is 54.6 Å². The zero-order chi connectivity index (χ0) is 16.4. The highest BCUT2D eigenvalue weighted by Crippen LogP contribution is 2.36. The van der Waals surface area contributed by atoms with Crippen molar-refractivity contribution in [2.24, 2.45) is 0 Å². The fraction of sp³-hybridized carbons (Fsp3) is 0. The topological polar surface area (TPSA) is 67.5 Å². The Morgan fingerprint density at radius 2 is 1.52 bits per heavy atom. The molecule has 0 aliphatic heterocycles. The minimum Gasteiger partial charge on any atom is -0.506 e. The number of hydrogen-bond donors (Lipinski definition) is 1. The molecule has 114 valence electrons. The van der Waals surface area contributed by atoms with Gasteiger partial charge in [0.2, 0.25) is 5.78 Å². The minimum atomic E-state index is -0.876. The van der Waals surface area contributed by atoms with Gasteiger partial charge in [-0.1, -0.05) is 60.7 Å². The van der Waals surface area contributed by atoms with Gasteiger partial charge in [0.15, 0.2) is 17.1 Å². The molecule has 0 saturated heterocycles. The lowest BCUT2D eigenvalue weighted by molar-refractivity contribution is 0.103. The average Bonchev–Trinajstić information content (AvgIpc) is 2.59. The maximum absolute atomic E-state index is 12.4. The molecule has 0 atom stereocenters. The van der Waals surface area contributed by atoms with Crippen LogP contribution in [0.3, 0.4) is 0 Å². The van der Waals surface area contributed by atoms with Crippen molar-refractivity contribution >= 4 is 21.7 Å². The molecule has 0 bridgehead atoms. The van der Waals surface area contributed by atoms with Crippen molar-refractivity contribution in [3.05, 3.63) is 86.7 Å². The first-order valence-corrected chi connectivity index (χ1v) is 7.59. The van der Waals surface area contributed by atoms with E-state index in [1.165, 1.54) is 0 Å². The lowest BCUT2D eigenvalue weighted by atomic mass is 10.0. The van der Waals surface area contributed by atoms with E-state index in [2.05, 4.69) is 15.9 Å². The van der Waals surface area contributed by atoms with Gasteiger partial charge in [0.25, 0.3) is 0 Å². The van der Waals surface area contributed by atoms with Gasteiger partial charge in [0.1, 0.15) is 4.47 Å². The Morgan fingerprint density at radius 1 is 0.957 bits per heavy atom. The Morgan fingerprint density at radius 3 is 2.13 bits per heavy atom. The summed E-state index contributed by atoms with van der Waals surface area (Å²) in [4.78, 5) is 24.7. The number of aromatic hydroxyl groups is 1. The fourth-order valence-corrected chi connectivity index (χ4v) is 2.72. The quantitative estimate of drug-likeness (QED) is 0.707. The Balaban J connectivity index is 2.17. The maximum Gasteiger partial charge on any atom is 0.351 e. The first kappa shape index (κ1) is 15.2. The maximum atomic E-state index is 12.4. The van der Waals surface area contributed by atoms with Gasteiger partial charge in [-0.2, -0.15) is 0 Å². The second kappa shape index (κ2) is 6.22. The number of carbonyl (C=O) groups excluding carboxylic acids is 1. The second-order valence-corrected chi connectivity index (χ2v) is 5.61. The molecule has 2 aromatic carbocycles. The monoisotopic (exact) mass is 370 g/mol. The molecule has 1 N–H and O–H groups in total. The van der Waals surface area contributed by atoms with Crippen LogP contribution in [0.4, 0.5) is 0 Å². The van der Waals surface area contributed by atoms with Gasteiger partial charge in [0.05, 0.1) is 0 Å². The number of hydrogen-bond acceptors (Lipinski definition) is 4. The summed E-state index contributed by atoms with van der Waals surface area (Å²) in [7, 11) is 0. The Kier molecular flexibility index (Phi) is 4.12. The van der Waals surface area contributed by atoms with E-state index >= 15 is 0 Å². The van der Waals surface area contributed by atoms with Crippen LogP contribution in [0, 0.1) is 0 Å². The van der Waals surface area contributed by atoms with Gasteiger partial charge in [-0.25, -0.2) is 4.79 Å². The van der Waals surface area contributed by atoms with Gasteiger partial charge in [-0.3, -0.25) is 4.79 Å². The van der Waals surface area contributed by atoms with Gasteiger partial charge >= 0.3 is 5.63 Å². The van der Waals surface area contributed by atoms with Crippen LogP contribution in [0.5, 0.6) is 5.75 Å². The number of carbonyl (C=O) groups is 1. The van der Waals surface area contributed by atoms with Gasteiger partial charge in [0, 0.05) is 11.1 Å². The van der Waals surface area contributed by atoms with Crippen molar-refractivity contribution in [2.45, 2.75) is 0 Å². The van der Waals surface area contributed by atoms with Crippen molar-refractivity contribution < 1.29 is 14.3 Å². The standard InChI is InChI=1S/C18H11BrO4/c19-14-16(21)13(15(20)11-7-3-1-4-8-11)18(22)23-17(14)12-9-5-2-6-10-12/h1-10,21H. The van der Waals surface area contributed by atoms with Crippen LogP contribution >= 0.6 is 15.9 Å². The second-order valence-electron chi connectivity index (χ2n) is 4.82. The lowest BCUT2D eigenvalue weighted by Crippen LogP contribution is -2.16. The largest absolute Gasteiger partial charge is 0.506 e. The summed E-state index contributed by atoms with van der Waals surface area (Å²) in [6.07, 6.45) is 0. The molecular formula is C18H11BrO4. The highest BCUT2D eigenvalue weighted by molar-refractivity contribution is 9.10. The van der Waals surface area contributed by atoms with Gasteiger partial charge < -0.3 is 9.52 Å². The van der Waals surface area contributed by atoms with Crippen LogP contribution in [0.2, 0.25) is 0 Å². The normalized spacial score (nSPS) is 10.5. The third kappa shape index (κ3) is 2.83. The highest BCUT2D eigenvalue weighted by Gasteiger charge is 2.24. The summed E-state index contributed by atoms with van der Waals surface area (Å²) in [5.41, 5.74) is -0.346. The van der Waals surface area contributed by atoms with E-state index < -0.39 is 17.2 Å². The van der Waals surface area contributed by atoms with Crippen molar-refractivity contribution in [1.29, 1.82) is 0 Å². The molecule has 1 heterocycles. The molecule has 0 fully saturated rings. The third-order valence-electron chi connectivity index (χ3n) is 3.34. The molecule has 0 aliphatic carbocycles. The molecule has 0 unspecified atom stereocenters. The SMILES string of the molecule is O=C(c1ccccc1)c1c(O)c(Br)c(-c2ccccc2)oc1=O. The van der Waals surface area contributed by atoms with Crippen LogP contribution in [0.25, 0.3) is 11.3 Å². The average molecular weight is 371 g/mol. The van der Waals surface area contributed by atoms with Gasteiger partial charge in [-0.15, -0.1) is 0 Å². The third-order valence-corrected chi connectivity index (χ3v) is 4.08. The van der Waals surface area contributed by atoms with Gasteiger partial charge in [-0.05, 0) is 15.9 Å². The van der Waals surface area contributed by atoms with Crippen LogP contribution in [0.1, 0.15) is 15.9 Å². The summed E-state index contributed by atoms with van der Waals surface area (Å²) < 4.78 is 5.43. The summed E-state index contributed by atoms with van der Waals surface area (Å²) in [5, 5.41) is 10.3. The van der Waals surface area contributed by atoms with E-state index in [0.29, 0.717) is 11.1 Å². The van der Waals surface area contributed by atoms with Crippen molar-refractivity contribution in [1.82, 2.24) is 0 Å². The minimum absolute atomic E-state index is 0.169. The van der Waals surface area contributed by atoms with E-state index in [-0.39, 0.29) is 15.8 Å².